The Bertz CT molecular complexity index is 659. The molecule has 7 heteroatoms. The van der Waals surface area contributed by atoms with Gasteiger partial charge in [0.25, 0.3) is 0 Å². The molecule has 2 N–H and O–H groups in total. The second-order valence-corrected chi connectivity index (χ2v) is 6.55. The highest BCUT2D eigenvalue weighted by atomic mass is 35.5. The van der Waals surface area contributed by atoms with Crippen molar-refractivity contribution in [2.75, 3.05) is 17.2 Å². The van der Waals surface area contributed by atoms with Crippen molar-refractivity contribution in [3.63, 3.8) is 0 Å². The normalized spacial score (nSPS) is 14.9. The van der Waals surface area contributed by atoms with Gasteiger partial charge in [0.05, 0.1) is 6.20 Å². The van der Waals surface area contributed by atoms with Gasteiger partial charge in [0.15, 0.2) is 5.82 Å². The van der Waals surface area contributed by atoms with Crippen LogP contribution in [0.25, 0.3) is 0 Å². The number of rotatable bonds is 6. The smallest absolute Gasteiger partial charge is 0.244 e. The zero-order valence-corrected chi connectivity index (χ0v) is 14.2. The molecule has 2 aromatic rings. The van der Waals surface area contributed by atoms with Gasteiger partial charge in [0.1, 0.15) is 0 Å². The average molecular weight is 352 g/mol. The van der Waals surface area contributed by atoms with E-state index < -0.39 is 0 Å². The minimum absolute atomic E-state index is 0.472. The van der Waals surface area contributed by atoms with E-state index in [0.29, 0.717) is 34.4 Å². The van der Waals surface area contributed by atoms with Crippen molar-refractivity contribution in [1.82, 2.24) is 15.2 Å². The number of halogens is 2. The Morgan fingerprint density at radius 3 is 2.78 bits per heavy atom. The first-order valence-electron chi connectivity index (χ1n) is 7.85. The van der Waals surface area contributed by atoms with Gasteiger partial charge in [-0.3, -0.25) is 0 Å². The molecule has 0 bridgehead atoms. The second-order valence-electron chi connectivity index (χ2n) is 5.70. The van der Waals surface area contributed by atoms with Crippen molar-refractivity contribution in [2.24, 2.45) is 0 Å². The number of anilines is 2. The fraction of sp³-hybridized carbons (Fsp3) is 0.438. The molecule has 0 radical (unpaired) electrons. The lowest BCUT2D eigenvalue weighted by molar-refractivity contribution is 0.737. The maximum atomic E-state index is 6.17. The molecule has 1 aromatic heterocycles. The van der Waals surface area contributed by atoms with Crippen LogP contribution in [0.3, 0.4) is 0 Å². The van der Waals surface area contributed by atoms with Crippen molar-refractivity contribution in [2.45, 2.75) is 38.1 Å². The maximum Gasteiger partial charge on any atom is 0.244 e. The Hall–Kier alpha value is -1.59. The van der Waals surface area contributed by atoms with E-state index in [-0.39, 0.29) is 0 Å². The number of aromatic nitrogens is 3. The van der Waals surface area contributed by atoms with Crippen molar-refractivity contribution in [1.29, 1.82) is 0 Å². The zero-order chi connectivity index (χ0) is 16.1. The predicted octanol–water partition coefficient (Wildman–Crippen LogP) is 4.19. The van der Waals surface area contributed by atoms with Crippen molar-refractivity contribution in [3.05, 3.63) is 40.0 Å². The molecule has 5 nitrogen and oxygen atoms in total. The van der Waals surface area contributed by atoms with Crippen molar-refractivity contribution >= 4 is 35.0 Å². The Labute approximate surface area is 145 Å². The van der Waals surface area contributed by atoms with Gasteiger partial charge in [0, 0.05) is 22.6 Å². The van der Waals surface area contributed by atoms with E-state index in [9.17, 15) is 0 Å². The molecule has 0 spiro atoms. The highest BCUT2D eigenvalue weighted by molar-refractivity contribution is 6.35. The summed E-state index contributed by atoms with van der Waals surface area (Å²) in [6.07, 6.45) is 7.30. The Balaban J connectivity index is 1.53. The lowest BCUT2D eigenvalue weighted by Gasteiger charge is -2.12. The van der Waals surface area contributed by atoms with Crippen LogP contribution in [-0.2, 0) is 6.42 Å². The highest BCUT2D eigenvalue weighted by Gasteiger charge is 2.15. The summed E-state index contributed by atoms with van der Waals surface area (Å²) in [5, 5.41) is 16.0. The summed E-state index contributed by atoms with van der Waals surface area (Å²) >= 11 is 12.1. The largest absolute Gasteiger partial charge is 0.368 e. The number of benzene rings is 1. The molecule has 1 saturated carbocycles. The molecule has 0 unspecified atom stereocenters. The summed E-state index contributed by atoms with van der Waals surface area (Å²) < 4.78 is 0. The zero-order valence-electron chi connectivity index (χ0n) is 12.7. The SMILES string of the molecule is Clc1ccc(CCNc2cnnc(NC3CCCC3)n2)c(Cl)c1. The lowest BCUT2D eigenvalue weighted by atomic mass is 10.1. The van der Waals surface area contributed by atoms with E-state index in [0.717, 1.165) is 12.0 Å². The van der Waals surface area contributed by atoms with Crippen LogP contribution in [0.2, 0.25) is 10.0 Å². The molecule has 0 saturated heterocycles. The highest BCUT2D eigenvalue weighted by Crippen LogP contribution is 2.22. The Morgan fingerprint density at radius 1 is 1.17 bits per heavy atom. The summed E-state index contributed by atoms with van der Waals surface area (Å²) in [5.41, 5.74) is 1.05. The molecule has 23 heavy (non-hydrogen) atoms. The van der Waals surface area contributed by atoms with Gasteiger partial charge in [-0.15, -0.1) is 5.10 Å². The third kappa shape index (κ3) is 4.69. The van der Waals surface area contributed by atoms with E-state index >= 15 is 0 Å². The summed E-state index contributed by atoms with van der Waals surface area (Å²) in [6, 6.07) is 6.02. The van der Waals surface area contributed by atoms with Crippen LogP contribution >= 0.6 is 23.2 Å². The van der Waals surface area contributed by atoms with Crippen molar-refractivity contribution in [3.8, 4) is 0 Å². The summed E-state index contributed by atoms with van der Waals surface area (Å²) in [5.74, 6) is 1.30. The van der Waals surface area contributed by atoms with Crippen LogP contribution in [0.1, 0.15) is 31.2 Å². The molecule has 1 fully saturated rings. The number of nitrogens with zero attached hydrogens (tertiary/aromatic N) is 3. The van der Waals surface area contributed by atoms with Gasteiger partial charge in [0.2, 0.25) is 5.95 Å². The fourth-order valence-corrected chi connectivity index (χ4v) is 3.26. The van der Waals surface area contributed by atoms with Crippen LogP contribution in [0.15, 0.2) is 24.4 Å². The summed E-state index contributed by atoms with van der Waals surface area (Å²) in [6.45, 7) is 0.711. The number of hydrogen-bond donors (Lipinski definition) is 2. The summed E-state index contributed by atoms with van der Waals surface area (Å²) in [4.78, 5) is 4.45. The van der Waals surface area contributed by atoms with Crippen LogP contribution in [-0.4, -0.2) is 27.8 Å². The van der Waals surface area contributed by atoms with E-state index in [1.165, 1.54) is 25.7 Å². The molecule has 1 aromatic carbocycles. The van der Waals surface area contributed by atoms with E-state index in [2.05, 4.69) is 25.8 Å². The first kappa shape index (κ1) is 16.3. The topological polar surface area (TPSA) is 62.7 Å². The van der Waals surface area contributed by atoms with E-state index in [1.54, 1.807) is 12.3 Å². The molecule has 1 aliphatic rings. The fourth-order valence-electron chi connectivity index (χ4n) is 2.75. The minimum Gasteiger partial charge on any atom is -0.368 e. The standard InChI is InChI=1S/C16H19Cl2N5/c17-12-6-5-11(14(18)9-12)7-8-19-15-10-20-23-16(22-15)21-13-3-1-2-4-13/h5-6,9-10,13H,1-4,7-8H2,(H2,19,21,22,23). The quantitative estimate of drug-likeness (QED) is 0.816. The maximum absolute atomic E-state index is 6.17. The first-order valence-corrected chi connectivity index (χ1v) is 8.60. The third-order valence-electron chi connectivity index (χ3n) is 3.96. The van der Waals surface area contributed by atoms with Gasteiger partial charge in [-0.05, 0) is 37.0 Å². The number of hydrogen-bond acceptors (Lipinski definition) is 5. The van der Waals surface area contributed by atoms with Crippen LogP contribution in [0.4, 0.5) is 11.8 Å². The van der Waals surface area contributed by atoms with Crippen LogP contribution in [0.5, 0.6) is 0 Å². The first-order chi connectivity index (χ1) is 11.2. The number of nitrogens with one attached hydrogen (secondary N) is 2. The third-order valence-corrected chi connectivity index (χ3v) is 4.55. The predicted molar refractivity (Wildman–Crippen MR) is 94.4 cm³/mol. The molecular weight excluding hydrogens is 333 g/mol. The molecule has 0 amide bonds. The minimum atomic E-state index is 0.472. The molecule has 122 valence electrons. The molecule has 0 atom stereocenters. The van der Waals surface area contributed by atoms with Gasteiger partial charge in [-0.2, -0.15) is 10.1 Å². The molecule has 1 heterocycles. The molecule has 0 aliphatic heterocycles. The lowest BCUT2D eigenvalue weighted by Crippen LogP contribution is -2.18. The Kier molecular flexibility index (Phi) is 5.51. The molecular formula is C16H19Cl2N5. The molecule has 1 aliphatic carbocycles. The van der Waals surface area contributed by atoms with Gasteiger partial charge in [-0.25, -0.2) is 0 Å². The Morgan fingerprint density at radius 2 is 2.00 bits per heavy atom. The van der Waals surface area contributed by atoms with Gasteiger partial charge in [-0.1, -0.05) is 42.1 Å². The van der Waals surface area contributed by atoms with Crippen LogP contribution < -0.4 is 10.6 Å². The van der Waals surface area contributed by atoms with Gasteiger partial charge < -0.3 is 10.6 Å². The van der Waals surface area contributed by atoms with E-state index in [1.807, 2.05) is 12.1 Å². The second kappa shape index (κ2) is 7.79. The van der Waals surface area contributed by atoms with Gasteiger partial charge >= 0.3 is 0 Å². The average Bonchev–Trinajstić information content (AvgIpc) is 3.03. The van der Waals surface area contributed by atoms with Crippen LogP contribution in [0, 0.1) is 0 Å². The monoisotopic (exact) mass is 351 g/mol. The summed E-state index contributed by atoms with van der Waals surface area (Å²) in [7, 11) is 0. The molecule has 3 rings (SSSR count). The van der Waals surface area contributed by atoms with E-state index in [4.69, 9.17) is 23.2 Å². The van der Waals surface area contributed by atoms with Crippen molar-refractivity contribution < 1.29 is 0 Å².